The van der Waals surface area contributed by atoms with Gasteiger partial charge in [-0.25, -0.2) is 0 Å². The van der Waals surface area contributed by atoms with Crippen molar-refractivity contribution >= 4 is 54.9 Å². The van der Waals surface area contributed by atoms with Crippen LogP contribution in [0.1, 0.15) is 23.7 Å². The maximum atomic E-state index is 12.2. The fraction of sp³-hybridized carbons (Fsp3) is 0.400. The number of oxime groups is 1. The van der Waals surface area contributed by atoms with Crippen molar-refractivity contribution in [2.24, 2.45) is 10.9 Å². The lowest BCUT2D eigenvalue weighted by Gasteiger charge is -2.24. The Morgan fingerprint density at radius 1 is 1.67 bits per heavy atom. The van der Waals surface area contributed by atoms with Crippen molar-refractivity contribution in [3.63, 3.8) is 0 Å². The van der Waals surface area contributed by atoms with E-state index in [1.165, 1.54) is 11.3 Å². The number of hydrogen-bond donors (Lipinski definition) is 2. The molecule has 0 spiro atoms. The first-order chi connectivity index (χ1) is 8.36. The molecule has 1 aromatic heterocycles. The summed E-state index contributed by atoms with van der Waals surface area (Å²) in [6.07, 6.45) is 0.321. The van der Waals surface area contributed by atoms with Gasteiger partial charge in [0.2, 0.25) is 0 Å². The second-order valence-electron chi connectivity index (χ2n) is 3.80. The lowest BCUT2D eigenvalue weighted by molar-refractivity contribution is 0.0747. The van der Waals surface area contributed by atoms with Crippen molar-refractivity contribution in [3.05, 3.63) is 19.2 Å². The van der Waals surface area contributed by atoms with Gasteiger partial charge in [0.05, 0.1) is 13.1 Å². The zero-order chi connectivity index (χ0) is 13.9. The summed E-state index contributed by atoms with van der Waals surface area (Å²) in [5, 5.41) is 11.4. The highest BCUT2D eigenvalue weighted by Gasteiger charge is 2.22. The second-order valence-corrected chi connectivity index (χ2v) is 7.55. The van der Waals surface area contributed by atoms with E-state index >= 15 is 0 Å². The summed E-state index contributed by atoms with van der Waals surface area (Å²) in [6, 6.07) is 1.61. The average Bonchev–Trinajstić information content (AvgIpc) is 2.66. The molecule has 100 valence electrons. The predicted octanol–water partition coefficient (Wildman–Crippen LogP) is 2.87. The summed E-state index contributed by atoms with van der Waals surface area (Å²) in [6.45, 7) is 1.84. The third-order valence-electron chi connectivity index (χ3n) is 2.50. The molecule has 1 unspecified atom stereocenters. The van der Waals surface area contributed by atoms with Gasteiger partial charge in [0, 0.05) is 19.5 Å². The van der Waals surface area contributed by atoms with E-state index in [4.69, 9.17) is 10.9 Å². The Balaban J connectivity index is 2.81. The molecule has 0 aliphatic rings. The molecule has 1 rings (SSSR count). The second kappa shape index (κ2) is 6.53. The van der Waals surface area contributed by atoms with Gasteiger partial charge in [-0.2, -0.15) is 0 Å². The molecule has 0 bridgehead atoms. The largest absolute Gasteiger partial charge is 0.409 e. The van der Waals surface area contributed by atoms with Crippen LogP contribution >= 0.6 is 43.2 Å². The first-order valence-corrected chi connectivity index (χ1v) is 7.45. The van der Waals surface area contributed by atoms with E-state index in [-0.39, 0.29) is 17.8 Å². The first-order valence-electron chi connectivity index (χ1n) is 5.05. The molecule has 5 nitrogen and oxygen atoms in total. The Hall–Kier alpha value is -0.600. The summed E-state index contributed by atoms with van der Waals surface area (Å²) in [4.78, 5) is 13.8. The number of amidine groups is 1. The molecule has 1 amide bonds. The van der Waals surface area contributed by atoms with Gasteiger partial charge in [-0.05, 0) is 44.8 Å². The van der Waals surface area contributed by atoms with E-state index in [9.17, 15) is 4.79 Å². The van der Waals surface area contributed by atoms with Crippen molar-refractivity contribution in [2.45, 2.75) is 19.4 Å². The Morgan fingerprint density at radius 2 is 2.28 bits per heavy atom. The van der Waals surface area contributed by atoms with Gasteiger partial charge in [0.15, 0.2) is 0 Å². The molecule has 1 aromatic rings. The standard InChI is InChI=1S/C10H13Br2N3O2S/c1-5(3-8(13)14-17)15(2)10(16)6-4-7(11)18-9(6)12/h4-5,17H,3H2,1-2H3,(H2,13,14). The minimum absolute atomic E-state index is 0.104. The zero-order valence-corrected chi connectivity index (χ0v) is 13.8. The Bertz CT molecular complexity index is 476. The van der Waals surface area contributed by atoms with E-state index in [1.807, 2.05) is 6.92 Å². The maximum absolute atomic E-state index is 12.2. The monoisotopic (exact) mass is 397 g/mol. The molecule has 0 aliphatic carbocycles. The van der Waals surface area contributed by atoms with Crippen LogP contribution in [0.15, 0.2) is 18.8 Å². The van der Waals surface area contributed by atoms with E-state index in [2.05, 4.69) is 37.0 Å². The molecule has 0 aromatic carbocycles. The molecular weight excluding hydrogens is 386 g/mol. The topological polar surface area (TPSA) is 78.9 Å². The minimum atomic E-state index is -0.154. The van der Waals surface area contributed by atoms with E-state index in [0.717, 1.165) is 7.57 Å². The third kappa shape index (κ3) is 3.69. The van der Waals surface area contributed by atoms with E-state index in [0.29, 0.717) is 12.0 Å². The molecule has 0 aliphatic heterocycles. The van der Waals surface area contributed by atoms with Crippen molar-refractivity contribution in [1.29, 1.82) is 0 Å². The molecule has 1 atom stereocenters. The molecule has 18 heavy (non-hydrogen) atoms. The number of thiophene rings is 1. The number of nitrogens with two attached hydrogens (primary N) is 1. The van der Waals surface area contributed by atoms with Gasteiger partial charge in [-0.3, -0.25) is 4.79 Å². The van der Waals surface area contributed by atoms with Crippen LogP contribution in [0.3, 0.4) is 0 Å². The Morgan fingerprint density at radius 3 is 2.72 bits per heavy atom. The van der Waals surface area contributed by atoms with Crippen molar-refractivity contribution in [2.75, 3.05) is 7.05 Å². The van der Waals surface area contributed by atoms with Crippen LogP contribution in [0.5, 0.6) is 0 Å². The molecule has 0 saturated heterocycles. The molecule has 0 fully saturated rings. The Kier molecular flexibility index (Phi) is 5.61. The normalized spacial score (nSPS) is 13.4. The SMILES string of the molecule is CC(C/C(N)=N/O)N(C)C(=O)c1cc(Br)sc1Br. The van der Waals surface area contributed by atoms with Crippen LogP contribution in [-0.4, -0.2) is 34.9 Å². The number of amides is 1. The number of halogens is 2. The fourth-order valence-electron chi connectivity index (χ4n) is 1.36. The highest BCUT2D eigenvalue weighted by atomic mass is 79.9. The molecule has 0 saturated carbocycles. The molecular formula is C10H13Br2N3O2S. The molecule has 1 heterocycles. The van der Waals surface area contributed by atoms with Gasteiger partial charge < -0.3 is 15.8 Å². The van der Waals surface area contributed by atoms with Gasteiger partial charge >= 0.3 is 0 Å². The highest BCUT2D eigenvalue weighted by molar-refractivity contribution is 9.12. The summed E-state index contributed by atoms with van der Waals surface area (Å²) in [5.41, 5.74) is 6.03. The van der Waals surface area contributed by atoms with Crippen LogP contribution in [0.4, 0.5) is 0 Å². The summed E-state index contributed by atoms with van der Waals surface area (Å²) in [5.74, 6) is -0.00483. The number of nitrogens with zero attached hydrogens (tertiary/aromatic N) is 2. The van der Waals surface area contributed by atoms with Gasteiger partial charge in [-0.15, -0.1) is 11.3 Å². The molecule has 8 heteroatoms. The lowest BCUT2D eigenvalue weighted by atomic mass is 10.2. The quantitative estimate of drug-likeness (QED) is 0.354. The summed E-state index contributed by atoms with van der Waals surface area (Å²) >= 11 is 8.13. The summed E-state index contributed by atoms with van der Waals surface area (Å²) in [7, 11) is 1.69. The van der Waals surface area contributed by atoms with Crippen LogP contribution in [-0.2, 0) is 0 Å². The van der Waals surface area contributed by atoms with E-state index < -0.39 is 0 Å². The lowest BCUT2D eigenvalue weighted by Crippen LogP contribution is -2.37. The molecule has 0 radical (unpaired) electrons. The van der Waals surface area contributed by atoms with Gasteiger partial charge in [0.25, 0.3) is 5.91 Å². The average molecular weight is 399 g/mol. The maximum Gasteiger partial charge on any atom is 0.255 e. The number of hydrogen-bond acceptors (Lipinski definition) is 4. The van der Waals surface area contributed by atoms with Crippen LogP contribution in [0, 0.1) is 0 Å². The Labute approximate surface area is 126 Å². The van der Waals surface area contributed by atoms with Crippen LogP contribution in [0.25, 0.3) is 0 Å². The predicted molar refractivity (Wildman–Crippen MR) is 79.3 cm³/mol. The number of carbonyl (C=O) groups excluding carboxylic acids is 1. The fourth-order valence-corrected chi connectivity index (χ4v) is 4.13. The minimum Gasteiger partial charge on any atom is -0.409 e. The van der Waals surface area contributed by atoms with Gasteiger partial charge in [-0.1, -0.05) is 5.16 Å². The van der Waals surface area contributed by atoms with Crippen LogP contribution < -0.4 is 5.73 Å². The highest BCUT2D eigenvalue weighted by Crippen LogP contribution is 2.32. The first kappa shape index (κ1) is 15.5. The van der Waals surface area contributed by atoms with Crippen molar-refractivity contribution < 1.29 is 10.0 Å². The molecule has 3 N–H and O–H groups in total. The zero-order valence-electron chi connectivity index (χ0n) is 9.85. The smallest absolute Gasteiger partial charge is 0.255 e. The summed E-state index contributed by atoms with van der Waals surface area (Å²) < 4.78 is 1.66. The van der Waals surface area contributed by atoms with Crippen molar-refractivity contribution in [1.82, 2.24) is 4.90 Å². The number of rotatable bonds is 4. The third-order valence-corrected chi connectivity index (χ3v) is 4.84. The van der Waals surface area contributed by atoms with Crippen LogP contribution in [0.2, 0.25) is 0 Å². The van der Waals surface area contributed by atoms with Crippen molar-refractivity contribution in [3.8, 4) is 0 Å². The van der Waals surface area contributed by atoms with Gasteiger partial charge in [0.1, 0.15) is 5.84 Å². The van der Waals surface area contributed by atoms with E-state index in [1.54, 1.807) is 18.0 Å². The number of carbonyl (C=O) groups is 1.